The third-order valence-electron chi connectivity index (χ3n) is 11.4. The van der Waals surface area contributed by atoms with Crippen molar-refractivity contribution in [1.29, 1.82) is 0 Å². The zero-order chi connectivity index (χ0) is 34.0. The van der Waals surface area contributed by atoms with Crippen LogP contribution >= 0.6 is 0 Å². The Balaban J connectivity index is 1.35. The summed E-state index contributed by atoms with van der Waals surface area (Å²) in [5.74, 6) is -3.03. The number of nitrogens with zero attached hydrogens (tertiary/aromatic N) is 1. The van der Waals surface area contributed by atoms with Crippen LogP contribution in [-0.4, -0.2) is 70.9 Å². The lowest BCUT2D eigenvalue weighted by atomic mass is 9.80. The number of rotatable bonds is 13. The Labute approximate surface area is 277 Å². The molecule has 5 amide bonds. The van der Waals surface area contributed by atoms with E-state index in [4.69, 9.17) is 5.73 Å². The summed E-state index contributed by atoms with van der Waals surface area (Å²) in [5.41, 5.74) is 5.67. The lowest BCUT2D eigenvalue weighted by molar-refractivity contribution is -0.144. The summed E-state index contributed by atoms with van der Waals surface area (Å²) >= 11 is 0. The summed E-state index contributed by atoms with van der Waals surface area (Å²) in [6, 6.07) is 4.64. The first-order valence-electron chi connectivity index (χ1n) is 17.4. The average molecular weight is 650 g/mol. The number of ketones is 2. The number of Topliss-reactive ketones (excluding diaryl/α,β-unsaturated/α-hetero) is 2. The molecule has 1 heterocycles. The molecule has 0 radical (unpaired) electrons. The van der Waals surface area contributed by atoms with Gasteiger partial charge in [0.15, 0.2) is 5.78 Å². The molecule has 11 nitrogen and oxygen atoms in total. The Kier molecular flexibility index (Phi) is 10.4. The van der Waals surface area contributed by atoms with Crippen molar-refractivity contribution in [2.24, 2.45) is 40.7 Å². The van der Waals surface area contributed by atoms with Crippen LogP contribution in [0, 0.1) is 35.0 Å². The number of primary amides is 1. The number of amides is 5. The second-order valence-corrected chi connectivity index (χ2v) is 15.2. The minimum absolute atomic E-state index is 0.0915. The normalized spacial score (nSPS) is 25.5. The van der Waals surface area contributed by atoms with E-state index in [1.54, 1.807) is 29.2 Å². The summed E-state index contributed by atoms with van der Waals surface area (Å²) < 4.78 is 0. The number of nitrogens with two attached hydrogens (primary N) is 1. The Morgan fingerprint density at radius 1 is 0.894 bits per heavy atom. The largest absolute Gasteiger partial charge is 0.363 e. The molecule has 1 aliphatic heterocycles. The van der Waals surface area contributed by atoms with Gasteiger partial charge < -0.3 is 26.6 Å². The van der Waals surface area contributed by atoms with E-state index >= 15 is 0 Å². The van der Waals surface area contributed by atoms with Crippen LogP contribution in [0.5, 0.6) is 0 Å². The molecule has 256 valence electrons. The maximum absolute atomic E-state index is 14.5. The first kappa shape index (κ1) is 34.6. The van der Waals surface area contributed by atoms with Crippen LogP contribution in [0.4, 0.5) is 4.79 Å². The molecule has 0 spiro atoms. The van der Waals surface area contributed by atoms with Crippen molar-refractivity contribution >= 4 is 35.3 Å². The highest BCUT2D eigenvalue weighted by Crippen LogP contribution is 2.65. The number of urea groups is 1. The summed E-state index contributed by atoms with van der Waals surface area (Å²) in [6.45, 7) is 8.23. The number of nitrogens with one attached hydrogen (secondary N) is 3. The summed E-state index contributed by atoms with van der Waals surface area (Å²) in [4.78, 5) is 81.6. The van der Waals surface area contributed by atoms with Crippen LogP contribution in [0.25, 0.3) is 0 Å². The second-order valence-electron chi connectivity index (χ2n) is 15.2. The van der Waals surface area contributed by atoms with Crippen LogP contribution < -0.4 is 21.7 Å². The standard InChI is InChI=1S/C36H51N5O6/c1-20(2)27(30(42)23-16-9-6-10-17-23)39-35(47)40-28(22-14-7-5-8-15-22)34(46)41-19-24-26(36(24,3)4)29(41)33(45)38-25(31(43)32(37)44)18-21-12-11-13-21/h6,9-10,16-17,20-22,24-29H,5,7-8,11-15,18-19H2,1-4H3,(H2,37,44)(H,38,45)(H2,39,40,47)/t24-,25?,26-,27-,28-,29-/m0/s1. The molecule has 1 aromatic rings. The number of benzene rings is 1. The number of likely N-dealkylation sites (tertiary alicyclic amines) is 1. The summed E-state index contributed by atoms with van der Waals surface area (Å²) in [6.07, 6.45) is 7.66. The van der Waals surface area contributed by atoms with Gasteiger partial charge in [0.05, 0.1) is 12.1 Å². The van der Waals surface area contributed by atoms with Gasteiger partial charge in [-0.2, -0.15) is 0 Å². The summed E-state index contributed by atoms with van der Waals surface area (Å²) in [5, 5.41) is 8.61. The Bertz CT molecular complexity index is 1370. The molecule has 1 unspecified atom stereocenters. The van der Waals surface area contributed by atoms with E-state index in [0.29, 0.717) is 18.5 Å². The first-order chi connectivity index (χ1) is 22.3. The predicted octanol–water partition coefficient (Wildman–Crippen LogP) is 3.35. The lowest BCUT2D eigenvalue weighted by Crippen LogP contribution is -2.61. The maximum atomic E-state index is 14.5. The van der Waals surface area contributed by atoms with Crippen molar-refractivity contribution in [2.45, 2.75) is 110 Å². The molecule has 4 fully saturated rings. The molecular formula is C36H51N5O6. The zero-order valence-electron chi connectivity index (χ0n) is 28.1. The van der Waals surface area contributed by atoms with Crippen LogP contribution in [-0.2, 0) is 19.2 Å². The van der Waals surface area contributed by atoms with Gasteiger partial charge in [-0.15, -0.1) is 0 Å². The van der Waals surface area contributed by atoms with Crippen molar-refractivity contribution in [3.05, 3.63) is 35.9 Å². The van der Waals surface area contributed by atoms with E-state index in [-0.39, 0.29) is 46.7 Å². The highest BCUT2D eigenvalue weighted by Gasteiger charge is 2.69. The van der Waals surface area contributed by atoms with E-state index in [1.165, 1.54) is 0 Å². The van der Waals surface area contributed by atoms with Gasteiger partial charge in [0.25, 0.3) is 5.91 Å². The summed E-state index contributed by atoms with van der Waals surface area (Å²) in [7, 11) is 0. The fourth-order valence-electron chi connectivity index (χ4n) is 8.20. The topological polar surface area (TPSA) is 168 Å². The molecule has 47 heavy (non-hydrogen) atoms. The lowest BCUT2D eigenvalue weighted by Gasteiger charge is -2.37. The smallest absolute Gasteiger partial charge is 0.316 e. The zero-order valence-corrected chi connectivity index (χ0v) is 28.1. The third kappa shape index (κ3) is 7.38. The van der Waals surface area contributed by atoms with Gasteiger partial charge in [-0.1, -0.05) is 96.6 Å². The Hall–Kier alpha value is -3.76. The molecule has 3 saturated carbocycles. The van der Waals surface area contributed by atoms with Crippen LogP contribution in [0.15, 0.2) is 30.3 Å². The van der Waals surface area contributed by atoms with Gasteiger partial charge >= 0.3 is 6.03 Å². The van der Waals surface area contributed by atoms with Gasteiger partial charge in [0.1, 0.15) is 12.1 Å². The fourth-order valence-corrected chi connectivity index (χ4v) is 8.20. The van der Waals surface area contributed by atoms with Crippen molar-refractivity contribution in [1.82, 2.24) is 20.9 Å². The van der Waals surface area contributed by atoms with Crippen molar-refractivity contribution < 1.29 is 28.8 Å². The maximum Gasteiger partial charge on any atom is 0.316 e. The fraction of sp³-hybridized carbons (Fsp3) is 0.667. The van der Waals surface area contributed by atoms with Gasteiger partial charge in [0, 0.05) is 12.1 Å². The van der Waals surface area contributed by atoms with Crippen LogP contribution in [0.2, 0.25) is 0 Å². The molecule has 11 heteroatoms. The highest BCUT2D eigenvalue weighted by molar-refractivity contribution is 6.37. The second kappa shape index (κ2) is 14.2. The number of hydrogen-bond acceptors (Lipinski definition) is 6. The van der Waals surface area contributed by atoms with E-state index in [9.17, 15) is 28.8 Å². The van der Waals surface area contributed by atoms with Crippen molar-refractivity contribution in [3.8, 4) is 0 Å². The third-order valence-corrected chi connectivity index (χ3v) is 11.4. The monoisotopic (exact) mass is 649 g/mol. The van der Waals surface area contributed by atoms with E-state index < -0.39 is 47.8 Å². The SMILES string of the molecule is CC(C)[C@H](NC(=O)N[C@H](C(=O)N1C[C@H]2[C@@H]([C@H]1C(=O)NC(CC1CCC1)C(=O)C(N)=O)C2(C)C)C1CCCCC1)C(=O)c1ccccc1. The Morgan fingerprint density at radius 3 is 2.13 bits per heavy atom. The molecule has 1 aromatic carbocycles. The molecule has 0 bridgehead atoms. The van der Waals surface area contributed by atoms with Crippen molar-refractivity contribution in [3.63, 3.8) is 0 Å². The molecule has 3 aliphatic carbocycles. The van der Waals surface area contributed by atoms with Crippen molar-refractivity contribution in [2.75, 3.05) is 6.54 Å². The number of carbonyl (C=O) groups excluding carboxylic acids is 6. The van der Waals surface area contributed by atoms with E-state index in [1.807, 2.05) is 19.9 Å². The van der Waals surface area contributed by atoms with Gasteiger partial charge in [0.2, 0.25) is 17.6 Å². The molecule has 6 atom stereocenters. The Morgan fingerprint density at radius 2 is 1.55 bits per heavy atom. The first-order valence-corrected chi connectivity index (χ1v) is 17.4. The average Bonchev–Trinajstić information content (AvgIpc) is 3.34. The predicted molar refractivity (Wildman–Crippen MR) is 176 cm³/mol. The number of hydrogen-bond donors (Lipinski definition) is 4. The molecule has 5 N–H and O–H groups in total. The number of carbonyl (C=O) groups is 6. The van der Waals surface area contributed by atoms with Crippen LogP contribution in [0.1, 0.15) is 95.8 Å². The van der Waals surface area contributed by atoms with Crippen LogP contribution in [0.3, 0.4) is 0 Å². The molecule has 0 aromatic heterocycles. The van der Waals surface area contributed by atoms with Gasteiger partial charge in [-0.3, -0.25) is 24.0 Å². The quantitative estimate of drug-likeness (QED) is 0.189. The van der Waals surface area contributed by atoms with Gasteiger partial charge in [-0.05, 0) is 54.3 Å². The molecule has 4 aliphatic rings. The number of fused-ring (bicyclic) bond motifs is 1. The van der Waals surface area contributed by atoms with E-state index in [0.717, 1.165) is 51.4 Å². The number of piperidine rings is 1. The minimum Gasteiger partial charge on any atom is -0.363 e. The van der Waals surface area contributed by atoms with E-state index in [2.05, 4.69) is 29.8 Å². The minimum atomic E-state index is -1.09. The molecular weight excluding hydrogens is 598 g/mol. The highest BCUT2D eigenvalue weighted by atomic mass is 16.2. The molecule has 5 rings (SSSR count). The molecule has 1 saturated heterocycles. The van der Waals surface area contributed by atoms with Gasteiger partial charge in [-0.25, -0.2) is 4.79 Å².